The first-order valence-electron chi connectivity index (χ1n) is 8.55. The fraction of sp³-hybridized carbons (Fsp3) is 0.0500. The lowest BCUT2D eigenvalue weighted by Crippen LogP contribution is -2.12. The number of aromatic nitrogens is 3. The van der Waals surface area contributed by atoms with Crippen LogP contribution in [-0.4, -0.2) is 20.4 Å². The maximum Gasteiger partial charge on any atom is 0.419 e. The molecule has 10 heteroatoms. The van der Waals surface area contributed by atoms with Crippen LogP contribution in [-0.2, 0) is 6.18 Å². The van der Waals surface area contributed by atoms with Crippen LogP contribution in [0.2, 0.25) is 0 Å². The van der Waals surface area contributed by atoms with Gasteiger partial charge in [0.1, 0.15) is 11.6 Å². The third kappa shape index (κ3) is 3.94. The minimum Gasteiger partial charge on any atom is -0.309 e. The summed E-state index contributed by atoms with van der Waals surface area (Å²) in [6, 6.07) is 9.91. The SMILES string of the molecule is O=C(Nc1nc(-c2cccc(C(F)(F)F)c2F)cs1)c1ccc(-n2cccc2)nc1. The Morgan fingerprint density at radius 3 is 2.50 bits per heavy atom. The van der Waals surface area contributed by atoms with Gasteiger partial charge in [0, 0.05) is 29.5 Å². The first-order chi connectivity index (χ1) is 14.3. The number of anilines is 1. The number of pyridine rings is 1. The maximum atomic E-state index is 14.3. The quantitative estimate of drug-likeness (QED) is 0.439. The Hall–Kier alpha value is -3.53. The Morgan fingerprint density at radius 1 is 1.07 bits per heavy atom. The van der Waals surface area contributed by atoms with Crippen LogP contribution in [0.1, 0.15) is 15.9 Å². The summed E-state index contributed by atoms with van der Waals surface area (Å²) in [5.74, 6) is -1.27. The van der Waals surface area contributed by atoms with Crippen molar-refractivity contribution in [3.8, 4) is 17.1 Å². The van der Waals surface area contributed by atoms with E-state index in [1.807, 2.05) is 24.5 Å². The maximum absolute atomic E-state index is 14.3. The average molecular weight is 432 g/mol. The van der Waals surface area contributed by atoms with Crippen LogP contribution in [0, 0.1) is 5.82 Å². The highest BCUT2D eigenvalue weighted by Gasteiger charge is 2.35. The summed E-state index contributed by atoms with van der Waals surface area (Å²) < 4.78 is 54.8. The van der Waals surface area contributed by atoms with Crippen molar-refractivity contribution in [3.05, 3.63) is 83.4 Å². The zero-order chi connectivity index (χ0) is 21.3. The Kier molecular flexibility index (Phi) is 5.08. The second-order valence-electron chi connectivity index (χ2n) is 6.15. The zero-order valence-electron chi connectivity index (χ0n) is 15.0. The fourth-order valence-electron chi connectivity index (χ4n) is 2.73. The number of amides is 1. The fourth-order valence-corrected chi connectivity index (χ4v) is 3.44. The lowest BCUT2D eigenvalue weighted by atomic mass is 10.1. The van der Waals surface area contributed by atoms with Gasteiger partial charge in [-0.25, -0.2) is 14.4 Å². The van der Waals surface area contributed by atoms with E-state index in [9.17, 15) is 22.4 Å². The van der Waals surface area contributed by atoms with Crippen LogP contribution in [0.25, 0.3) is 17.1 Å². The second kappa shape index (κ2) is 7.71. The van der Waals surface area contributed by atoms with Crippen molar-refractivity contribution in [2.75, 3.05) is 5.32 Å². The van der Waals surface area contributed by atoms with Crippen molar-refractivity contribution in [2.45, 2.75) is 6.18 Å². The Balaban J connectivity index is 1.52. The van der Waals surface area contributed by atoms with Gasteiger partial charge in [-0.05, 0) is 36.4 Å². The molecule has 30 heavy (non-hydrogen) atoms. The smallest absolute Gasteiger partial charge is 0.309 e. The monoisotopic (exact) mass is 432 g/mol. The van der Waals surface area contributed by atoms with Crippen LogP contribution in [0.15, 0.2) is 66.4 Å². The molecule has 1 aromatic carbocycles. The number of alkyl halides is 3. The van der Waals surface area contributed by atoms with Crippen molar-refractivity contribution >= 4 is 22.4 Å². The van der Waals surface area contributed by atoms with E-state index in [1.54, 1.807) is 16.7 Å². The molecule has 0 aliphatic carbocycles. The number of nitrogens with one attached hydrogen (secondary N) is 1. The Bertz CT molecular complexity index is 1180. The van der Waals surface area contributed by atoms with Gasteiger partial charge in [0.2, 0.25) is 0 Å². The van der Waals surface area contributed by atoms with Crippen molar-refractivity contribution in [3.63, 3.8) is 0 Å². The number of benzene rings is 1. The second-order valence-corrected chi connectivity index (χ2v) is 7.01. The topological polar surface area (TPSA) is 59.8 Å². The number of rotatable bonds is 4. The molecule has 1 amide bonds. The van der Waals surface area contributed by atoms with E-state index in [1.165, 1.54) is 17.6 Å². The van der Waals surface area contributed by atoms with Crippen LogP contribution in [0.5, 0.6) is 0 Å². The molecule has 4 aromatic rings. The van der Waals surface area contributed by atoms with Crippen LogP contribution >= 0.6 is 11.3 Å². The summed E-state index contributed by atoms with van der Waals surface area (Å²) in [4.78, 5) is 20.6. The van der Waals surface area contributed by atoms with Crippen molar-refractivity contribution in [1.29, 1.82) is 0 Å². The molecule has 5 nitrogen and oxygen atoms in total. The summed E-state index contributed by atoms with van der Waals surface area (Å²) in [6.07, 6.45) is 0.205. The number of carbonyl (C=O) groups excluding carboxylic acids is 1. The molecule has 0 spiro atoms. The van der Waals surface area contributed by atoms with Gasteiger partial charge >= 0.3 is 6.18 Å². The molecule has 0 unspecified atom stereocenters. The molecule has 3 aromatic heterocycles. The Labute approximate surface area is 171 Å². The van der Waals surface area contributed by atoms with E-state index in [-0.39, 0.29) is 22.0 Å². The predicted molar refractivity (Wildman–Crippen MR) is 104 cm³/mol. The lowest BCUT2D eigenvalue weighted by Gasteiger charge is -2.09. The number of hydrogen-bond acceptors (Lipinski definition) is 4. The molecule has 0 bridgehead atoms. The molecule has 3 heterocycles. The number of carbonyl (C=O) groups is 1. The van der Waals surface area contributed by atoms with Crippen molar-refractivity contribution < 1.29 is 22.4 Å². The molecular formula is C20H12F4N4OS. The summed E-state index contributed by atoms with van der Waals surface area (Å²) in [5, 5.41) is 4.05. The summed E-state index contributed by atoms with van der Waals surface area (Å²) in [5.41, 5.74) is -1.39. The van der Waals surface area contributed by atoms with Crippen molar-refractivity contribution in [2.24, 2.45) is 0 Å². The molecule has 0 fully saturated rings. The van der Waals surface area contributed by atoms with Gasteiger partial charge in [-0.2, -0.15) is 13.2 Å². The third-order valence-corrected chi connectivity index (χ3v) is 4.94. The average Bonchev–Trinajstić information content (AvgIpc) is 3.40. The first kappa shape index (κ1) is 19.8. The lowest BCUT2D eigenvalue weighted by molar-refractivity contribution is -0.139. The summed E-state index contributed by atoms with van der Waals surface area (Å²) in [6.45, 7) is 0. The molecule has 152 valence electrons. The standard InChI is InChI=1S/C20H12F4N4OS/c21-17-13(4-3-5-14(17)20(22,23)24)15-11-30-19(26-15)27-18(29)12-6-7-16(25-10-12)28-8-1-2-9-28/h1-11H,(H,26,27,29). The van der Waals surface area contributed by atoms with Gasteiger partial charge in [0.25, 0.3) is 5.91 Å². The zero-order valence-corrected chi connectivity index (χ0v) is 15.8. The molecule has 0 saturated carbocycles. The number of nitrogens with zero attached hydrogens (tertiary/aromatic N) is 3. The van der Waals surface area contributed by atoms with E-state index in [4.69, 9.17) is 0 Å². The van der Waals surface area contributed by atoms with Gasteiger partial charge in [0.05, 0.1) is 16.8 Å². The largest absolute Gasteiger partial charge is 0.419 e. The van der Waals surface area contributed by atoms with Gasteiger partial charge in [0.15, 0.2) is 5.13 Å². The molecule has 1 N–H and O–H groups in total. The third-order valence-electron chi connectivity index (χ3n) is 4.18. The minimum atomic E-state index is -4.81. The van der Waals surface area contributed by atoms with Gasteiger partial charge in [-0.3, -0.25) is 10.1 Å². The van der Waals surface area contributed by atoms with Crippen molar-refractivity contribution in [1.82, 2.24) is 14.5 Å². The normalized spacial score (nSPS) is 11.5. The van der Waals surface area contributed by atoms with Crippen LogP contribution in [0.4, 0.5) is 22.7 Å². The van der Waals surface area contributed by atoms with Gasteiger partial charge in [-0.15, -0.1) is 11.3 Å². The minimum absolute atomic E-state index is 0.0000179. The van der Waals surface area contributed by atoms with Crippen LogP contribution < -0.4 is 5.32 Å². The van der Waals surface area contributed by atoms with Crippen LogP contribution in [0.3, 0.4) is 0 Å². The van der Waals surface area contributed by atoms with E-state index < -0.39 is 23.5 Å². The predicted octanol–water partition coefficient (Wildman–Crippen LogP) is 5.41. The summed E-state index contributed by atoms with van der Waals surface area (Å²) >= 11 is 0.975. The van der Waals surface area contributed by atoms with E-state index >= 15 is 0 Å². The highest BCUT2D eigenvalue weighted by Crippen LogP contribution is 2.36. The van der Waals surface area contributed by atoms with E-state index in [0.717, 1.165) is 17.4 Å². The molecule has 0 saturated heterocycles. The highest BCUT2D eigenvalue weighted by molar-refractivity contribution is 7.14. The van der Waals surface area contributed by atoms with Gasteiger partial charge < -0.3 is 4.57 Å². The Morgan fingerprint density at radius 2 is 1.83 bits per heavy atom. The number of hydrogen-bond donors (Lipinski definition) is 1. The van der Waals surface area contributed by atoms with E-state index in [0.29, 0.717) is 11.9 Å². The molecule has 0 radical (unpaired) electrons. The van der Waals surface area contributed by atoms with Gasteiger partial charge in [-0.1, -0.05) is 6.07 Å². The first-order valence-corrected chi connectivity index (χ1v) is 9.43. The number of halogens is 4. The molecule has 4 rings (SSSR count). The number of thiazole rings is 1. The molecule has 0 aliphatic heterocycles. The van der Waals surface area contributed by atoms with E-state index in [2.05, 4.69) is 15.3 Å². The highest BCUT2D eigenvalue weighted by atomic mass is 32.1. The molecule has 0 aliphatic rings. The molecular weight excluding hydrogens is 420 g/mol. The molecule has 0 atom stereocenters. The summed E-state index contributed by atoms with van der Waals surface area (Å²) in [7, 11) is 0.